The van der Waals surface area contributed by atoms with Gasteiger partial charge in [0.15, 0.2) is 0 Å². The van der Waals surface area contributed by atoms with Crippen molar-refractivity contribution in [3.8, 4) is 0 Å². The molecule has 1 aromatic heterocycles. The second-order valence-electron chi connectivity index (χ2n) is 5.21. The van der Waals surface area contributed by atoms with E-state index in [1.165, 1.54) is 6.20 Å². The molecule has 2 nitrogen and oxygen atoms in total. The highest BCUT2D eigenvalue weighted by atomic mass is 79.9. The predicted molar refractivity (Wildman–Crippen MR) is 71.9 cm³/mol. The van der Waals surface area contributed by atoms with Crippen molar-refractivity contribution in [2.75, 3.05) is 11.9 Å². The summed E-state index contributed by atoms with van der Waals surface area (Å²) < 4.78 is 39.0. The van der Waals surface area contributed by atoms with Crippen molar-refractivity contribution in [3.63, 3.8) is 0 Å². The number of nitrogens with one attached hydrogen (secondary N) is 1. The van der Waals surface area contributed by atoms with Crippen LogP contribution >= 0.6 is 15.9 Å². The minimum Gasteiger partial charge on any atom is -0.369 e. The average Bonchev–Trinajstić information content (AvgIpc) is 2.72. The number of nitrogens with zero attached hydrogens (tertiary/aromatic N) is 1. The molecule has 19 heavy (non-hydrogen) atoms. The standard InChI is InChI=1S/C13H16BrF3N2/c1-8-2-3-9(4-8)6-18-12-11(13(15,16)17)5-10(14)7-19-12/h5,7-9H,2-4,6H2,1H3,(H,18,19). The van der Waals surface area contributed by atoms with Gasteiger partial charge in [0.25, 0.3) is 0 Å². The van der Waals surface area contributed by atoms with Crippen LogP contribution in [0.1, 0.15) is 31.7 Å². The van der Waals surface area contributed by atoms with Crippen LogP contribution in [0.15, 0.2) is 16.7 Å². The first kappa shape index (κ1) is 14.6. The predicted octanol–water partition coefficient (Wildman–Crippen LogP) is 4.71. The Morgan fingerprint density at radius 2 is 2.16 bits per heavy atom. The Balaban J connectivity index is 2.07. The molecule has 0 spiro atoms. The highest BCUT2D eigenvalue weighted by Crippen LogP contribution is 2.36. The largest absolute Gasteiger partial charge is 0.419 e. The van der Waals surface area contributed by atoms with Crippen LogP contribution in [-0.4, -0.2) is 11.5 Å². The van der Waals surface area contributed by atoms with Gasteiger partial charge in [-0.3, -0.25) is 0 Å². The number of alkyl halides is 3. The molecule has 1 aliphatic carbocycles. The molecule has 1 heterocycles. The zero-order chi connectivity index (χ0) is 14.0. The Kier molecular flexibility index (Phi) is 4.38. The van der Waals surface area contributed by atoms with E-state index in [-0.39, 0.29) is 5.82 Å². The van der Waals surface area contributed by atoms with Crippen LogP contribution in [0.4, 0.5) is 19.0 Å². The van der Waals surface area contributed by atoms with Gasteiger partial charge < -0.3 is 5.32 Å². The molecule has 1 N–H and O–H groups in total. The Hall–Kier alpha value is -0.780. The van der Waals surface area contributed by atoms with Crippen LogP contribution in [0.3, 0.4) is 0 Å². The van der Waals surface area contributed by atoms with Gasteiger partial charge in [-0.05, 0) is 46.7 Å². The maximum absolute atomic E-state index is 12.9. The van der Waals surface area contributed by atoms with Crippen molar-refractivity contribution in [2.45, 2.75) is 32.4 Å². The van der Waals surface area contributed by atoms with Crippen molar-refractivity contribution < 1.29 is 13.2 Å². The van der Waals surface area contributed by atoms with Crippen LogP contribution < -0.4 is 5.32 Å². The summed E-state index contributed by atoms with van der Waals surface area (Å²) in [5, 5.41) is 2.86. The number of pyridine rings is 1. The monoisotopic (exact) mass is 336 g/mol. The molecule has 2 rings (SSSR count). The lowest BCUT2D eigenvalue weighted by Crippen LogP contribution is -2.17. The maximum Gasteiger partial charge on any atom is 0.419 e. The van der Waals surface area contributed by atoms with E-state index in [9.17, 15) is 13.2 Å². The van der Waals surface area contributed by atoms with Crippen LogP contribution in [0.2, 0.25) is 0 Å². The summed E-state index contributed by atoms with van der Waals surface area (Å²) in [4.78, 5) is 3.85. The van der Waals surface area contributed by atoms with E-state index in [0.717, 1.165) is 25.3 Å². The van der Waals surface area contributed by atoms with Gasteiger partial charge in [0, 0.05) is 17.2 Å². The van der Waals surface area contributed by atoms with Crippen molar-refractivity contribution in [3.05, 3.63) is 22.3 Å². The molecule has 2 unspecified atom stereocenters. The molecule has 106 valence electrons. The van der Waals surface area contributed by atoms with Crippen LogP contribution in [0, 0.1) is 11.8 Å². The fraction of sp³-hybridized carbons (Fsp3) is 0.615. The highest BCUT2D eigenvalue weighted by Gasteiger charge is 2.35. The summed E-state index contributed by atoms with van der Waals surface area (Å²) in [6, 6.07) is 1.06. The van der Waals surface area contributed by atoms with Gasteiger partial charge in [-0.1, -0.05) is 13.3 Å². The number of anilines is 1. The van der Waals surface area contributed by atoms with E-state index >= 15 is 0 Å². The summed E-state index contributed by atoms with van der Waals surface area (Å²) in [6.45, 7) is 2.74. The van der Waals surface area contributed by atoms with Gasteiger partial charge in [0.2, 0.25) is 0 Å². The lowest BCUT2D eigenvalue weighted by atomic mass is 10.1. The summed E-state index contributed by atoms with van der Waals surface area (Å²) in [5.74, 6) is 1.04. The van der Waals surface area contributed by atoms with Crippen molar-refractivity contribution in [2.24, 2.45) is 11.8 Å². The third-order valence-electron chi connectivity index (χ3n) is 3.52. The van der Waals surface area contributed by atoms with E-state index in [1.54, 1.807) is 0 Å². The van der Waals surface area contributed by atoms with E-state index in [2.05, 4.69) is 33.2 Å². The van der Waals surface area contributed by atoms with Gasteiger partial charge >= 0.3 is 6.18 Å². The second-order valence-corrected chi connectivity index (χ2v) is 6.13. The highest BCUT2D eigenvalue weighted by molar-refractivity contribution is 9.10. The molecule has 0 amide bonds. The number of aromatic nitrogens is 1. The summed E-state index contributed by atoms with van der Waals surface area (Å²) in [5.41, 5.74) is -0.715. The van der Waals surface area contributed by atoms with Crippen molar-refractivity contribution in [1.29, 1.82) is 0 Å². The quantitative estimate of drug-likeness (QED) is 0.864. The zero-order valence-electron chi connectivity index (χ0n) is 10.6. The molecular formula is C13H16BrF3N2. The Bertz CT molecular complexity index is 448. The number of hydrogen-bond donors (Lipinski definition) is 1. The molecule has 1 aliphatic rings. The van der Waals surface area contributed by atoms with Crippen molar-refractivity contribution in [1.82, 2.24) is 4.98 Å². The first-order valence-electron chi connectivity index (χ1n) is 6.33. The molecule has 1 saturated carbocycles. The molecule has 0 aromatic carbocycles. The lowest BCUT2D eigenvalue weighted by Gasteiger charge is -2.16. The molecule has 0 aliphatic heterocycles. The number of rotatable bonds is 3. The molecule has 0 saturated heterocycles. The Morgan fingerprint density at radius 3 is 2.74 bits per heavy atom. The van der Waals surface area contributed by atoms with E-state index in [1.807, 2.05) is 0 Å². The summed E-state index contributed by atoms with van der Waals surface area (Å²) in [7, 11) is 0. The van der Waals surface area contributed by atoms with Crippen LogP contribution in [0.25, 0.3) is 0 Å². The molecular weight excluding hydrogens is 321 g/mol. The first-order chi connectivity index (χ1) is 8.86. The third kappa shape index (κ3) is 3.84. The normalized spacial score (nSPS) is 23.6. The molecule has 0 bridgehead atoms. The minimum atomic E-state index is -4.39. The van der Waals surface area contributed by atoms with Gasteiger partial charge in [-0.2, -0.15) is 13.2 Å². The van der Waals surface area contributed by atoms with Gasteiger partial charge in [-0.25, -0.2) is 4.98 Å². The lowest BCUT2D eigenvalue weighted by molar-refractivity contribution is -0.137. The SMILES string of the molecule is CC1CCC(CNc2ncc(Br)cc2C(F)(F)F)C1. The smallest absolute Gasteiger partial charge is 0.369 e. The zero-order valence-corrected chi connectivity index (χ0v) is 12.2. The third-order valence-corrected chi connectivity index (χ3v) is 3.95. The topological polar surface area (TPSA) is 24.9 Å². The molecule has 1 aromatic rings. The molecule has 1 fully saturated rings. The fourth-order valence-electron chi connectivity index (χ4n) is 2.55. The van der Waals surface area contributed by atoms with E-state index < -0.39 is 11.7 Å². The average molecular weight is 337 g/mol. The van der Waals surface area contributed by atoms with E-state index in [4.69, 9.17) is 0 Å². The second kappa shape index (κ2) is 5.69. The van der Waals surface area contributed by atoms with Gasteiger partial charge in [-0.15, -0.1) is 0 Å². The van der Waals surface area contributed by atoms with Gasteiger partial charge in [0.1, 0.15) is 5.82 Å². The van der Waals surface area contributed by atoms with Crippen LogP contribution in [-0.2, 0) is 6.18 Å². The van der Waals surface area contributed by atoms with Gasteiger partial charge in [0.05, 0.1) is 5.56 Å². The molecule has 6 heteroatoms. The first-order valence-corrected chi connectivity index (χ1v) is 7.12. The summed E-state index contributed by atoms with van der Waals surface area (Å²) >= 11 is 3.02. The number of hydrogen-bond acceptors (Lipinski definition) is 2. The van der Waals surface area contributed by atoms with Crippen LogP contribution in [0.5, 0.6) is 0 Å². The minimum absolute atomic E-state index is 0.0738. The summed E-state index contributed by atoms with van der Waals surface area (Å²) in [6.07, 6.45) is 0.306. The maximum atomic E-state index is 12.9. The van der Waals surface area contributed by atoms with Crippen molar-refractivity contribution >= 4 is 21.7 Å². The molecule has 0 radical (unpaired) electrons. The Morgan fingerprint density at radius 1 is 1.42 bits per heavy atom. The van der Waals surface area contributed by atoms with E-state index in [0.29, 0.717) is 22.9 Å². The molecule has 2 atom stereocenters. The Labute approximate surface area is 118 Å². The fourth-order valence-corrected chi connectivity index (χ4v) is 2.88. The number of halogens is 4.